The highest BCUT2D eigenvalue weighted by atomic mass is 16.5. The molecule has 0 heterocycles. The fourth-order valence-electron chi connectivity index (χ4n) is 2.93. The molecule has 0 saturated carbocycles. The Labute approximate surface area is 95.9 Å². The maximum atomic E-state index is 12.0. The Hall–Kier alpha value is -1.12. The number of carbonyl (C=O) groups is 2. The predicted octanol–water partition coefficient (Wildman–Crippen LogP) is 2.40. The Morgan fingerprint density at radius 1 is 1.38 bits per heavy atom. The van der Waals surface area contributed by atoms with Crippen LogP contribution < -0.4 is 0 Å². The molecule has 0 aromatic rings. The molecule has 0 radical (unpaired) electrons. The van der Waals surface area contributed by atoms with Gasteiger partial charge in [0, 0.05) is 12.0 Å². The zero-order valence-electron chi connectivity index (χ0n) is 9.97. The van der Waals surface area contributed by atoms with Crippen LogP contribution >= 0.6 is 0 Å². The van der Waals surface area contributed by atoms with E-state index in [1.54, 1.807) is 6.92 Å². The topological polar surface area (TPSA) is 43.4 Å². The summed E-state index contributed by atoms with van der Waals surface area (Å²) in [6.07, 6.45) is 4.15. The number of Topliss-reactive ketones (excluding diaryl/α,β-unsaturated/α-hetero) is 1. The number of hydrogen-bond donors (Lipinski definition) is 0. The minimum absolute atomic E-state index is 0.158. The molecule has 2 aliphatic rings. The molecule has 1 atom stereocenters. The Morgan fingerprint density at radius 2 is 2.12 bits per heavy atom. The molecule has 0 amide bonds. The molecule has 0 aromatic carbocycles. The van der Waals surface area contributed by atoms with Crippen LogP contribution in [0.1, 0.15) is 46.0 Å². The van der Waals surface area contributed by atoms with Gasteiger partial charge < -0.3 is 4.74 Å². The normalized spacial score (nSPS) is 29.2. The summed E-state index contributed by atoms with van der Waals surface area (Å²) >= 11 is 0. The van der Waals surface area contributed by atoms with Crippen LogP contribution in [0.25, 0.3) is 0 Å². The van der Waals surface area contributed by atoms with Gasteiger partial charge in [0.05, 0.1) is 12.0 Å². The van der Waals surface area contributed by atoms with E-state index in [2.05, 4.69) is 0 Å². The van der Waals surface area contributed by atoms with Gasteiger partial charge in [0.2, 0.25) is 0 Å². The lowest BCUT2D eigenvalue weighted by Crippen LogP contribution is -2.36. The summed E-state index contributed by atoms with van der Waals surface area (Å²) in [4.78, 5) is 23.9. The fourth-order valence-corrected chi connectivity index (χ4v) is 2.93. The van der Waals surface area contributed by atoms with Crippen LogP contribution in [0.4, 0.5) is 0 Å². The Kier molecular flexibility index (Phi) is 2.87. The van der Waals surface area contributed by atoms with Gasteiger partial charge in [0.15, 0.2) is 5.78 Å². The van der Waals surface area contributed by atoms with Gasteiger partial charge in [-0.05, 0) is 39.5 Å². The van der Waals surface area contributed by atoms with Crippen molar-refractivity contribution in [2.75, 3.05) is 6.61 Å². The van der Waals surface area contributed by atoms with Crippen LogP contribution in [0.3, 0.4) is 0 Å². The second kappa shape index (κ2) is 4.04. The average Bonchev–Trinajstić information content (AvgIpc) is 2.62. The van der Waals surface area contributed by atoms with Crippen molar-refractivity contribution in [3.05, 3.63) is 11.1 Å². The first-order valence-electron chi connectivity index (χ1n) is 6.02. The van der Waals surface area contributed by atoms with E-state index in [1.165, 1.54) is 5.57 Å². The standard InChI is InChI=1S/C13H18O3/c1-3-16-12(15)13(2)8-4-5-9-6-7-10(14)11(9)13/h3-8H2,1-2H3. The monoisotopic (exact) mass is 222 g/mol. The van der Waals surface area contributed by atoms with Crippen LogP contribution in [0.2, 0.25) is 0 Å². The molecular formula is C13H18O3. The number of hydrogen-bond acceptors (Lipinski definition) is 3. The summed E-state index contributed by atoms with van der Waals surface area (Å²) in [6.45, 7) is 4.05. The molecule has 1 unspecified atom stereocenters. The van der Waals surface area contributed by atoms with Gasteiger partial charge in [-0.1, -0.05) is 5.57 Å². The Morgan fingerprint density at radius 3 is 2.81 bits per heavy atom. The fraction of sp³-hybridized carbons (Fsp3) is 0.692. The molecular weight excluding hydrogens is 204 g/mol. The summed E-state index contributed by atoms with van der Waals surface area (Å²) in [7, 11) is 0. The lowest BCUT2D eigenvalue weighted by atomic mass is 9.71. The minimum Gasteiger partial charge on any atom is -0.465 e. The van der Waals surface area contributed by atoms with Gasteiger partial charge in [0.1, 0.15) is 0 Å². The van der Waals surface area contributed by atoms with Crippen LogP contribution in [-0.2, 0) is 14.3 Å². The molecule has 0 aromatic heterocycles. The third kappa shape index (κ3) is 1.58. The number of ether oxygens (including phenoxy) is 1. The first kappa shape index (κ1) is 11.4. The lowest BCUT2D eigenvalue weighted by molar-refractivity contribution is -0.153. The summed E-state index contributed by atoms with van der Waals surface area (Å²) in [5.74, 6) is -0.0669. The maximum Gasteiger partial charge on any atom is 0.316 e. The van der Waals surface area contributed by atoms with Crippen LogP contribution in [-0.4, -0.2) is 18.4 Å². The third-order valence-electron chi connectivity index (χ3n) is 3.72. The van der Waals surface area contributed by atoms with Crippen molar-refractivity contribution in [3.8, 4) is 0 Å². The van der Waals surface area contributed by atoms with E-state index in [4.69, 9.17) is 4.74 Å². The van der Waals surface area contributed by atoms with Gasteiger partial charge >= 0.3 is 5.97 Å². The second-order valence-corrected chi connectivity index (χ2v) is 4.81. The number of rotatable bonds is 2. The maximum absolute atomic E-state index is 12.0. The highest BCUT2D eigenvalue weighted by molar-refractivity contribution is 6.05. The van der Waals surface area contributed by atoms with Gasteiger partial charge in [-0.2, -0.15) is 0 Å². The molecule has 3 heteroatoms. The smallest absolute Gasteiger partial charge is 0.316 e. The van der Waals surface area contributed by atoms with Crippen molar-refractivity contribution in [3.63, 3.8) is 0 Å². The van der Waals surface area contributed by atoms with Crippen molar-refractivity contribution < 1.29 is 14.3 Å². The quantitative estimate of drug-likeness (QED) is 0.674. The molecule has 0 N–H and O–H groups in total. The zero-order valence-corrected chi connectivity index (χ0v) is 9.97. The van der Waals surface area contributed by atoms with Gasteiger partial charge in [-0.25, -0.2) is 0 Å². The minimum atomic E-state index is -0.669. The Bertz CT molecular complexity index is 367. The van der Waals surface area contributed by atoms with Gasteiger partial charge in [-0.3, -0.25) is 9.59 Å². The van der Waals surface area contributed by atoms with Gasteiger partial charge in [-0.15, -0.1) is 0 Å². The molecule has 2 rings (SSSR count). The SMILES string of the molecule is CCOC(=O)C1(C)CCCC2=C1C(=O)CC2. The van der Waals surface area contributed by atoms with E-state index in [9.17, 15) is 9.59 Å². The Balaban J connectivity index is 2.36. The van der Waals surface area contributed by atoms with E-state index >= 15 is 0 Å². The average molecular weight is 222 g/mol. The first-order chi connectivity index (χ1) is 7.59. The molecule has 88 valence electrons. The molecule has 0 bridgehead atoms. The first-order valence-corrected chi connectivity index (χ1v) is 6.02. The molecule has 0 saturated heterocycles. The molecule has 2 aliphatic carbocycles. The van der Waals surface area contributed by atoms with Crippen LogP contribution in [0.15, 0.2) is 11.1 Å². The summed E-state index contributed by atoms with van der Waals surface area (Å²) in [5.41, 5.74) is 1.31. The molecule has 3 nitrogen and oxygen atoms in total. The van der Waals surface area contributed by atoms with Crippen molar-refractivity contribution in [1.82, 2.24) is 0 Å². The summed E-state index contributed by atoms with van der Waals surface area (Å²) in [5, 5.41) is 0. The second-order valence-electron chi connectivity index (χ2n) is 4.81. The molecule has 16 heavy (non-hydrogen) atoms. The predicted molar refractivity (Wildman–Crippen MR) is 59.9 cm³/mol. The molecule has 0 aliphatic heterocycles. The zero-order chi connectivity index (χ0) is 11.8. The summed E-state index contributed by atoms with van der Waals surface area (Å²) < 4.78 is 5.12. The number of carbonyl (C=O) groups excluding carboxylic acids is 2. The molecule has 0 fully saturated rings. The van der Waals surface area contributed by atoms with E-state index < -0.39 is 5.41 Å². The largest absolute Gasteiger partial charge is 0.465 e. The lowest BCUT2D eigenvalue weighted by Gasteiger charge is -2.32. The van der Waals surface area contributed by atoms with Crippen LogP contribution in [0.5, 0.6) is 0 Å². The molecule has 0 spiro atoms. The highest BCUT2D eigenvalue weighted by Gasteiger charge is 2.46. The third-order valence-corrected chi connectivity index (χ3v) is 3.72. The van der Waals surface area contributed by atoms with Gasteiger partial charge in [0.25, 0.3) is 0 Å². The van der Waals surface area contributed by atoms with Crippen molar-refractivity contribution in [2.24, 2.45) is 5.41 Å². The van der Waals surface area contributed by atoms with E-state index in [1.807, 2.05) is 6.92 Å². The number of esters is 1. The number of allylic oxidation sites excluding steroid dienone is 1. The number of ketones is 1. The van der Waals surface area contributed by atoms with E-state index in [0.29, 0.717) is 13.0 Å². The van der Waals surface area contributed by atoms with E-state index in [0.717, 1.165) is 31.3 Å². The van der Waals surface area contributed by atoms with Crippen molar-refractivity contribution in [2.45, 2.75) is 46.0 Å². The summed E-state index contributed by atoms with van der Waals surface area (Å²) in [6, 6.07) is 0. The van der Waals surface area contributed by atoms with Crippen molar-refractivity contribution >= 4 is 11.8 Å². The van der Waals surface area contributed by atoms with Crippen molar-refractivity contribution in [1.29, 1.82) is 0 Å². The van der Waals surface area contributed by atoms with Crippen LogP contribution in [0, 0.1) is 5.41 Å². The highest BCUT2D eigenvalue weighted by Crippen LogP contribution is 2.46. The van der Waals surface area contributed by atoms with E-state index in [-0.39, 0.29) is 11.8 Å².